The van der Waals surface area contributed by atoms with Gasteiger partial charge in [0.05, 0.1) is 41.3 Å². The summed E-state index contributed by atoms with van der Waals surface area (Å²) in [4.78, 5) is 25.4. The number of thiazole rings is 1. The highest BCUT2D eigenvalue weighted by Crippen LogP contribution is 2.44. The second-order valence-electron chi connectivity index (χ2n) is 13.0. The number of aromatic nitrogens is 4. The maximum Gasteiger partial charge on any atom is 0.337 e. The van der Waals surface area contributed by atoms with Crippen molar-refractivity contribution in [1.29, 1.82) is 0 Å². The lowest BCUT2D eigenvalue weighted by atomic mass is 9.90. The van der Waals surface area contributed by atoms with Gasteiger partial charge in [-0.25, -0.2) is 19.3 Å². The van der Waals surface area contributed by atoms with Crippen LogP contribution in [0, 0.1) is 6.92 Å². The van der Waals surface area contributed by atoms with Crippen LogP contribution in [0.5, 0.6) is 0 Å². The van der Waals surface area contributed by atoms with Crippen molar-refractivity contribution < 1.29 is 19.4 Å². The van der Waals surface area contributed by atoms with Gasteiger partial charge in [0.1, 0.15) is 10.7 Å². The van der Waals surface area contributed by atoms with Gasteiger partial charge in [-0.1, -0.05) is 23.7 Å². The largest absolute Gasteiger partial charge is 0.479 e. The Morgan fingerprint density at radius 2 is 1.87 bits per heavy atom. The predicted octanol–water partition coefficient (Wildman–Crippen LogP) is 7.15. The number of rotatable bonds is 7. The van der Waals surface area contributed by atoms with Gasteiger partial charge in [0, 0.05) is 27.9 Å². The highest BCUT2D eigenvalue weighted by Gasteiger charge is 2.33. The summed E-state index contributed by atoms with van der Waals surface area (Å²) in [5, 5.41) is 16.4. The lowest BCUT2D eigenvalue weighted by Crippen LogP contribution is -2.51. The molecule has 2 fully saturated rings. The van der Waals surface area contributed by atoms with E-state index in [-0.39, 0.29) is 0 Å². The summed E-state index contributed by atoms with van der Waals surface area (Å²) in [6.07, 6.45) is 4.88. The molecule has 45 heavy (non-hydrogen) atoms. The number of nitrogens with zero attached hydrogens (tertiary/aromatic N) is 5. The number of aryl methyl sites for hydroxylation is 1. The maximum absolute atomic E-state index is 12.7. The van der Waals surface area contributed by atoms with Gasteiger partial charge in [0.25, 0.3) is 0 Å². The minimum Gasteiger partial charge on any atom is -0.479 e. The molecule has 9 nitrogen and oxygen atoms in total. The molecule has 0 bridgehead atoms. The summed E-state index contributed by atoms with van der Waals surface area (Å²) < 4.78 is 14.3. The topological polar surface area (TPSA) is 102 Å². The molecule has 1 unspecified atom stereocenters. The Balaban J connectivity index is 1.31. The highest BCUT2D eigenvalue weighted by molar-refractivity contribution is 7.22. The SMILES string of the molecule is Cc1cc2nc(-c3ccn4ncc(C5CCN(C6COC6)CC5)c4n3)sc2c(-c2ccc(Cl)cc2)c1C(OC(C)(C)C)C(=O)O. The first-order valence-corrected chi connectivity index (χ1v) is 16.5. The van der Waals surface area contributed by atoms with Crippen LogP contribution in [-0.2, 0) is 14.3 Å². The van der Waals surface area contributed by atoms with E-state index in [1.165, 1.54) is 16.9 Å². The van der Waals surface area contributed by atoms with Crippen molar-refractivity contribution in [1.82, 2.24) is 24.5 Å². The molecule has 0 spiro atoms. The van der Waals surface area contributed by atoms with E-state index in [4.69, 9.17) is 31.0 Å². The monoisotopic (exact) mass is 645 g/mol. The second-order valence-corrected chi connectivity index (χ2v) is 14.4. The van der Waals surface area contributed by atoms with Gasteiger partial charge in [0.15, 0.2) is 11.8 Å². The average Bonchev–Trinajstić information content (AvgIpc) is 3.59. The van der Waals surface area contributed by atoms with E-state index in [0.29, 0.717) is 22.5 Å². The molecular weight excluding hydrogens is 610 g/mol. The molecule has 0 saturated carbocycles. The minimum absolute atomic E-state index is 0.398. The summed E-state index contributed by atoms with van der Waals surface area (Å²) in [6, 6.07) is 11.9. The standard InChI is InChI=1S/C34H36ClN5O4S/c1-19-15-26-30(28(21-5-7-22(35)8-6-21)27(19)29(33(41)42)44-34(2,3)4)45-32(38-26)25-11-14-40-31(37-25)24(16-36-40)20-9-12-39(13-10-20)23-17-43-18-23/h5-8,11,14-16,20,23,29H,9-10,12-13,17-18H2,1-4H3,(H,41,42). The highest BCUT2D eigenvalue weighted by atomic mass is 35.5. The Hall–Kier alpha value is -3.41. The summed E-state index contributed by atoms with van der Waals surface area (Å²) in [5.41, 5.74) is 5.94. The summed E-state index contributed by atoms with van der Waals surface area (Å²) in [7, 11) is 0. The van der Waals surface area contributed by atoms with Crippen molar-refractivity contribution in [2.24, 2.45) is 0 Å². The Morgan fingerprint density at radius 1 is 1.13 bits per heavy atom. The van der Waals surface area contributed by atoms with Gasteiger partial charge >= 0.3 is 5.97 Å². The minimum atomic E-state index is -1.17. The number of carbonyl (C=O) groups is 1. The number of halogens is 1. The van der Waals surface area contributed by atoms with Gasteiger partial charge in [-0.15, -0.1) is 11.3 Å². The summed E-state index contributed by atoms with van der Waals surface area (Å²) in [5.74, 6) is -0.644. The third-order valence-electron chi connectivity index (χ3n) is 8.74. The van der Waals surface area contributed by atoms with E-state index in [2.05, 4.69) is 10.00 Å². The molecule has 0 radical (unpaired) electrons. The Bertz CT molecular complexity index is 1880. The summed E-state index contributed by atoms with van der Waals surface area (Å²) >= 11 is 7.77. The maximum atomic E-state index is 12.7. The molecule has 2 aromatic carbocycles. The molecule has 11 heteroatoms. The average molecular weight is 646 g/mol. The predicted molar refractivity (Wildman–Crippen MR) is 176 cm³/mol. The lowest BCUT2D eigenvalue weighted by molar-refractivity contribution is -0.160. The summed E-state index contributed by atoms with van der Waals surface area (Å²) in [6.45, 7) is 11.3. The zero-order valence-corrected chi connectivity index (χ0v) is 27.4. The molecule has 7 rings (SSSR count). The fraction of sp³-hybridized carbons (Fsp3) is 0.412. The lowest BCUT2D eigenvalue weighted by Gasteiger charge is -2.41. The van der Waals surface area contributed by atoms with Crippen LogP contribution in [0.3, 0.4) is 0 Å². The first-order valence-electron chi connectivity index (χ1n) is 15.3. The van der Waals surface area contributed by atoms with Crippen molar-refractivity contribution in [3.05, 3.63) is 70.5 Å². The van der Waals surface area contributed by atoms with Crippen LogP contribution in [0.15, 0.2) is 48.8 Å². The van der Waals surface area contributed by atoms with E-state index in [0.717, 1.165) is 82.4 Å². The number of benzene rings is 2. The van der Waals surface area contributed by atoms with Gasteiger partial charge in [-0.2, -0.15) is 5.10 Å². The first-order chi connectivity index (χ1) is 21.6. The van der Waals surface area contributed by atoms with Crippen LogP contribution in [0.1, 0.15) is 62.3 Å². The number of fused-ring (bicyclic) bond motifs is 2. The van der Waals surface area contributed by atoms with E-state index < -0.39 is 17.7 Å². The smallest absolute Gasteiger partial charge is 0.337 e. The molecule has 0 amide bonds. The zero-order valence-electron chi connectivity index (χ0n) is 25.8. The van der Waals surface area contributed by atoms with Crippen molar-refractivity contribution in [3.63, 3.8) is 0 Å². The van der Waals surface area contributed by atoms with Crippen LogP contribution in [0.2, 0.25) is 5.02 Å². The fourth-order valence-corrected chi connectivity index (χ4v) is 7.67. The third kappa shape index (κ3) is 5.86. The Morgan fingerprint density at radius 3 is 2.51 bits per heavy atom. The number of likely N-dealkylation sites (tertiary alicyclic amines) is 1. The van der Waals surface area contributed by atoms with E-state index >= 15 is 0 Å². The van der Waals surface area contributed by atoms with Crippen LogP contribution >= 0.6 is 22.9 Å². The number of hydrogen-bond acceptors (Lipinski definition) is 8. The van der Waals surface area contributed by atoms with Gasteiger partial charge in [0.2, 0.25) is 0 Å². The number of piperidine rings is 1. The van der Waals surface area contributed by atoms with Crippen molar-refractivity contribution in [2.45, 2.75) is 64.2 Å². The molecular formula is C34H36ClN5O4S. The normalized spacial score (nSPS) is 17.6. The number of carboxylic acids is 1. The molecule has 5 heterocycles. The molecule has 1 atom stereocenters. The Kier molecular flexibility index (Phi) is 7.90. The second kappa shape index (κ2) is 11.7. The van der Waals surface area contributed by atoms with Crippen LogP contribution in [0.25, 0.3) is 37.7 Å². The van der Waals surface area contributed by atoms with Crippen molar-refractivity contribution in [3.8, 4) is 21.8 Å². The van der Waals surface area contributed by atoms with Gasteiger partial charge in [-0.05, 0) is 94.9 Å². The quantitative estimate of drug-likeness (QED) is 0.199. The van der Waals surface area contributed by atoms with E-state index in [1.54, 1.807) is 0 Å². The molecule has 234 valence electrons. The zero-order chi connectivity index (χ0) is 31.5. The fourth-order valence-electron chi connectivity index (χ4n) is 6.45. The Labute approximate surface area is 270 Å². The number of carboxylic acid groups (broad SMARTS) is 1. The molecule has 3 aromatic heterocycles. The molecule has 2 aliphatic heterocycles. The van der Waals surface area contributed by atoms with Crippen LogP contribution in [-0.4, -0.2) is 73.5 Å². The number of hydrogen-bond donors (Lipinski definition) is 1. The van der Waals surface area contributed by atoms with E-state index in [9.17, 15) is 9.90 Å². The van der Waals surface area contributed by atoms with Crippen molar-refractivity contribution in [2.75, 3.05) is 26.3 Å². The van der Waals surface area contributed by atoms with Gasteiger partial charge < -0.3 is 14.6 Å². The first kappa shape index (κ1) is 30.3. The van der Waals surface area contributed by atoms with Gasteiger partial charge in [-0.3, -0.25) is 4.90 Å². The van der Waals surface area contributed by atoms with Crippen LogP contribution < -0.4 is 0 Å². The molecule has 2 saturated heterocycles. The molecule has 1 N–H and O–H groups in total. The molecule has 5 aromatic rings. The van der Waals surface area contributed by atoms with Crippen molar-refractivity contribution >= 4 is 44.8 Å². The third-order valence-corrected chi connectivity index (χ3v) is 10.1. The molecule has 0 aliphatic carbocycles. The number of ether oxygens (including phenoxy) is 2. The molecule has 2 aliphatic rings. The number of aliphatic carboxylic acids is 1. The van der Waals surface area contributed by atoms with E-state index in [1.807, 2.05) is 81.0 Å². The van der Waals surface area contributed by atoms with Crippen LogP contribution in [0.4, 0.5) is 0 Å².